The Labute approximate surface area is 198 Å². The summed E-state index contributed by atoms with van der Waals surface area (Å²) in [6, 6.07) is -0.385. The molecular weight excluding hydrogens is 448 g/mol. The molecule has 3 amide bonds. The van der Waals surface area contributed by atoms with Crippen molar-refractivity contribution in [3.63, 3.8) is 0 Å². The number of methoxy groups -OCH3 is 1. The van der Waals surface area contributed by atoms with E-state index < -0.39 is 35.4 Å². The Hall–Kier alpha value is -2.83. The van der Waals surface area contributed by atoms with Gasteiger partial charge in [0.05, 0.1) is 25.8 Å². The molecule has 2 rings (SSSR count). The Kier molecular flexibility index (Phi) is 10.1. The van der Waals surface area contributed by atoms with Crippen LogP contribution in [0.4, 0.5) is 0 Å². The first kappa shape index (κ1) is 27.4. The fourth-order valence-corrected chi connectivity index (χ4v) is 3.13. The van der Waals surface area contributed by atoms with Gasteiger partial charge in [0.25, 0.3) is 5.91 Å². The molecule has 1 saturated heterocycles. The van der Waals surface area contributed by atoms with E-state index in [9.17, 15) is 19.2 Å². The number of aromatic nitrogens is 1. The van der Waals surface area contributed by atoms with Crippen LogP contribution in [0.1, 0.15) is 50.4 Å². The lowest BCUT2D eigenvalue weighted by Crippen LogP contribution is -2.53. The van der Waals surface area contributed by atoms with Gasteiger partial charge < -0.3 is 34.7 Å². The van der Waals surface area contributed by atoms with Crippen molar-refractivity contribution in [1.29, 1.82) is 0 Å². The second-order valence-electron chi connectivity index (χ2n) is 8.65. The van der Waals surface area contributed by atoms with Crippen LogP contribution in [0.3, 0.4) is 0 Å². The van der Waals surface area contributed by atoms with Crippen LogP contribution < -0.4 is 16.0 Å². The van der Waals surface area contributed by atoms with Crippen LogP contribution in [0.5, 0.6) is 0 Å². The number of ketones is 1. The van der Waals surface area contributed by atoms with Crippen LogP contribution in [0.15, 0.2) is 10.6 Å². The van der Waals surface area contributed by atoms with Crippen molar-refractivity contribution in [1.82, 2.24) is 21.1 Å². The Balaban J connectivity index is 1.90. The summed E-state index contributed by atoms with van der Waals surface area (Å²) in [4.78, 5) is 50.1. The Morgan fingerprint density at radius 2 is 1.91 bits per heavy atom. The van der Waals surface area contributed by atoms with Gasteiger partial charge >= 0.3 is 0 Å². The van der Waals surface area contributed by atoms with Crippen molar-refractivity contribution in [2.45, 2.75) is 58.4 Å². The van der Waals surface area contributed by atoms with Gasteiger partial charge in [-0.2, -0.15) is 0 Å². The smallest absolute Gasteiger partial charge is 0.274 e. The molecule has 34 heavy (non-hydrogen) atoms. The van der Waals surface area contributed by atoms with Crippen LogP contribution in [0, 0.1) is 5.92 Å². The van der Waals surface area contributed by atoms with Gasteiger partial charge in [0, 0.05) is 19.8 Å². The Bertz CT molecular complexity index is 865. The number of Topliss-reactive ketones (excluding diaryl/α,β-unsaturated/α-hetero) is 1. The van der Waals surface area contributed by atoms with Crippen molar-refractivity contribution in [3.8, 4) is 0 Å². The molecule has 0 aliphatic carbocycles. The molecule has 3 N–H and O–H groups in total. The molecule has 1 aromatic rings. The number of rotatable bonds is 15. The monoisotopic (exact) mass is 482 g/mol. The van der Waals surface area contributed by atoms with E-state index in [1.165, 1.54) is 13.2 Å². The first-order valence-corrected chi connectivity index (χ1v) is 11.2. The molecule has 0 bridgehead atoms. The summed E-state index contributed by atoms with van der Waals surface area (Å²) in [6.45, 7) is 7.85. The number of amides is 3. The average molecular weight is 483 g/mol. The third-order valence-electron chi connectivity index (χ3n) is 5.08. The summed E-state index contributed by atoms with van der Waals surface area (Å²) in [5, 5.41) is 11.3. The quantitative estimate of drug-likeness (QED) is 0.291. The molecule has 1 aromatic heterocycles. The molecule has 1 fully saturated rings. The maximum absolute atomic E-state index is 12.6. The van der Waals surface area contributed by atoms with Crippen LogP contribution in [0.25, 0.3) is 0 Å². The van der Waals surface area contributed by atoms with E-state index in [1.54, 1.807) is 6.92 Å². The number of nitrogens with one attached hydrogen (secondary N) is 3. The first-order valence-electron chi connectivity index (χ1n) is 11.2. The lowest BCUT2D eigenvalue weighted by Gasteiger charge is -2.22. The van der Waals surface area contributed by atoms with Gasteiger partial charge in [-0.15, -0.1) is 0 Å². The molecule has 190 valence electrons. The normalized spacial score (nSPS) is 18.8. The number of nitrogens with zero attached hydrogens (tertiary/aromatic N) is 1. The topological polar surface area (TPSA) is 161 Å². The second kappa shape index (κ2) is 12.6. The molecule has 0 unspecified atom stereocenters. The van der Waals surface area contributed by atoms with E-state index in [-0.39, 0.29) is 37.2 Å². The zero-order chi connectivity index (χ0) is 25.3. The highest BCUT2D eigenvalue weighted by Gasteiger charge is 2.50. The minimum atomic E-state index is -1.08. The standard InChI is InChI=1S/C22H34N4O8/c1-6-32-10-14-8-16(26-34-14)21(30)25-17(11-31-5)20(29)23-9-18(27)24-15(7-13(2)3)19(28)22(4)12-33-22/h8,13,15,17H,6-7,9-12H2,1-5H3,(H,23,29)(H,24,27)(H,25,30)/t15-,17-,22+/m0/s1. The fourth-order valence-electron chi connectivity index (χ4n) is 3.13. The lowest BCUT2D eigenvalue weighted by atomic mass is 9.93. The van der Waals surface area contributed by atoms with Crippen LogP contribution in [-0.2, 0) is 35.2 Å². The summed E-state index contributed by atoms with van der Waals surface area (Å²) in [7, 11) is 1.37. The van der Waals surface area contributed by atoms with Gasteiger partial charge in [-0.3, -0.25) is 19.2 Å². The van der Waals surface area contributed by atoms with Crippen LogP contribution in [-0.4, -0.2) is 79.8 Å². The van der Waals surface area contributed by atoms with Crippen molar-refractivity contribution >= 4 is 23.5 Å². The number of hydrogen-bond donors (Lipinski definition) is 3. The molecular formula is C22H34N4O8. The number of hydrogen-bond acceptors (Lipinski definition) is 9. The molecule has 0 saturated carbocycles. The summed E-state index contributed by atoms with van der Waals surface area (Å²) < 4.78 is 20.4. The zero-order valence-corrected chi connectivity index (χ0v) is 20.3. The van der Waals surface area contributed by atoms with Crippen LogP contribution >= 0.6 is 0 Å². The summed E-state index contributed by atoms with van der Waals surface area (Å²) in [5.41, 5.74) is -0.889. The molecule has 1 aliphatic rings. The highest BCUT2D eigenvalue weighted by molar-refractivity contribution is 5.98. The molecule has 12 nitrogen and oxygen atoms in total. The molecule has 1 aliphatic heterocycles. The average Bonchev–Trinajstić information content (AvgIpc) is 3.36. The Morgan fingerprint density at radius 3 is 2.50 bits per heavy atom. The van der Waals surface area contributed by atoms with Crippen molar-refractivity contribution in [2.75, 3.05) is 33.5 Å². The van der Waals surface area contributed by atoms with Gasteiger partial charge in [0.15, 0.2) is 17.2 Å². The van der Waals surface area contributed by atoms with E-state index in [1.807, 2.05) is 20.8 Å². The number of carbonyl (C=O) groups is 4. The molecule has 3 atom stereocenters. The van der Waals surface area contributed by atoms with Gasteiger partial charge in [0.2, 0.25) is 11.8 Å². The third kappa shape index (κ3) is 8.19. The molecule has 12 heteroatoms. The minimum absolute atomic E-state index is 0.0211. The van der Waals surface area contributed by atoms with E-state index in [2.05, 4.69) is 21.1 Å². The van der Waals surface area contributed by atoms with E-state index >= 15 is 0 Å². The molecule has 0 radical (unpaired) electrons. The van der Waals surface area contributed by atoms with Crippen molar-refractivity contribution in [3.05, 3.63) is 17.5 Å². The third-order valence-corrected chi connectivity index (χ3v) is 5.08. The van der Waals surface area contributed by atoms with Gasteiger partial charge in [-0.1, -0.05) is 19.0 Å². The van der Waals surface area contributed by atoms with Gasteiger partial charge in [-0.05, 0) is 26.2 Å². The highest BCUT2D eigenvalue weighted by Crippen LogP contribution is 2.29. The fraction of sp³-hybridized carbons (Fsp3) is 0.682. The second-order valence-corrected chi connectivity index (χ2v) is 8.65. The predicted octanol–water partition coefficient (Wildman–Crippen LogP) is -0.0390. The highest BCUT2D eigenvalue weighted by atomic mass is 16.6. The SMILES string of the molecule is CCOCc1cc(C(=O)N[C@@H](COC)C(=O)NCC(=O)N[C@@H](CC(C)C)C(=O)[C@@]2(C)CO2)no1. The van der Waals surface area contributed by atoms with Crippen LogP contribution in [0.2, 0.25) is 0 Å². The summed E-state index contributed by atoms with van der Waals surface area (Å²) in [6.07, 6.45) is 0.447. The molecule has 0 aromatic carbocycles. The molecule has 0 spiro atoms. The van der Waals surface area contributed by atoms with Gasteiger partial charge in [-0.25, -0.2) is 0 Å². The van der Waals surface area contributed by atoms with Gasteiger partial charge in [0.1, 0.15) is 18.2 Å². The van der Waals surface area contributed by atoms with E-state index in [0.29, 0.717) is 25.4 Å². The Morgan fingerprint density at radius 1 is 1.21 bits per heavy atom. The summed E-state index contributed by atoms with van der Waals surface area (Å²) in [5.74, 6) is -1.47. The van der Waals surface area contributed by atoms with Crippen molar-refractivity contribution < 1.29 is 37.9 Å². The molecule has 2 heterocycles. The number of ether oxygens (including phenoxy) is 3. The first-order chi connectivity index (χ1) is 16.1. The van der Waals surface area contributed by atoms with E-state index in [4.69, 9.17) is 18.7 Å². The largest absolute Gasteiger partial charge is 0.382 e. The van der Waals surface area contributed by atoms with Crippen molar-refractivity contribution in [2.24, 2.45) is 5.92 Å². The zero-order valence-electron chi connectivity index (χ0n) is 20.3. The maximum Gasteiger partial charge on any atom is 0.274 e. The predicted molar refractivity (Wildman–Crippen MR) is 119 cm³/mol. The summed E-state index contributed by atoms with van der Waals surface area (Å²) >= 11 is 0. The number of carbonyl (C=O) groups excluding carboxylic acids is 4. The van der Waals surface area contributed by atoms with E-state index in [0.717, 1.165) is 0 Å². The minimum Gasteiger partial charge on any atom is -0.382 e. The number of epoxide rings is 1. The maximum atomic E-state index is 12.6. The lowest BCUT2D eigenvalue weighted by molar-refractivity contribution is -0.131.